The summed E-state index contributed by atoms with van der Waals surface area (Å²) in [5.41, 5.74) is 8.46. The number of fused-ring (bicyclic) bond motifs is 3. The molecule has 2 N–H and O–H groups in total. The standard InChI is InChI=1S/C15H11BrN2O2/c16-9-3-1-8(2-4-9)12-7-11-13-10(5-6-19-13)14(17)18-15(11)20-12/h1-4,7H,5-6H2,(H2,17,18). The van der Waals surface area contributed by atoms with Gasteiger partial charge in [0.05, 0.1) is 12.0 Å². The highest BCUT2D eigenvalue weighted by molar-refractivity contribution is 9.10. The molecule has 3 aromatic rings. The lowest BCUT2D eigenvalue weighted by Crippen LogP contribution is -1.94. The van der Waals surface area contributed by atoms with Crippen molar-refractivity contribution in [1.82, 2.24) is 4.98 Å². The van der Waals surface area contributed by atoms with E-state index in [1.807, 2.05) is 30.3 Å². The summed E-state index contributed by atoms with van der Waals surface area (Å²) in [5, 5.41) is 0.893. The third-order valence-electron chi connectivity index (χ3n) is 3.49. The predicted octanol–water partition coefficient (Wildman–Crippen LogP) is 3.77. The molecule has 0 fully saturated rings. The Morgan fingerprint density at radius 1 is 1.20 bits per heavy atom. The average Bonchev–Trinajstić information content (AvgIpc) is 3.05. The Morgan fingerprint density at radius 3 is 2.80 bits per heavy atom. The summed E-state index contributed by atoms with van der Waals surface area (Å²) in [5.74, 6) is 2.09. The van der Waals surface area contributed by atoms with E-state index < -0.39 is 0 Å². The molecule has 0 spiro atoms. The van der Waals surface area contributed by atoms with Crippen LogP contribution in [0.15, 0.2) is 39.2 Å². The highest BCUT2D eigenvalue weighted by Crippen LogP contribution is 2.39. The molecule has 1 aliphatic rings. The van der Waals surface area contributed by atoms with Crippen molar-refractivity contribution < 1.29 is 9.15 Å². The molecule has 20 heavy (non-hydrogen) atoms. The number of anilines is 1. The summed E-state index contributed by atoms with van der Waals surface area (Å²) in [7, 11) is 0. The Balaban J connectivity index is 1.93. The van der Waals surface area contributed by atoms with Crippen molar-refractivity contribution in [2.24, 2.45) is 0 Å². The first-order valence-corrected chi connectivity index (χ1v) is 7.12. The number of hydrogen-bond donors (Lipinski definition) is 1. The Bertz CT molecular complexity index is 809. The summed E-state index contributed by atoms with van der Waals surface area (Å²) in [6.07, 6.45) is 0.808. The minimum Gasteiger partial charge on any atom is -0.492 e. The van der Waals surface area contributed by atoms with Crippen LogP contribution in [0, 0.1) is 0 Å². The number of nitrogen functional groups attached to an aromatic ring is 1. The van der Waals surface area contributed by atoms with Gasteiger partial charge in [0.2, 0.25) is 5.71 Å². The van der Waals surface area contributed by atoms with Crippen LogP contribution in [0.3, 0.4) is 0 Å². The van der Waals surface area contributed by atoms with E-state index in [2.05, 4.69) is 20.9 Å². The molecule has 0 radical (unpaired) electrons. The molecule has 100 valence electrons. The van der Waals surface area contributed by atoms with E-state index in [0.29, 0.717) is 18.1 Å². The first-order valence-electron chi connectivity index (χ1n) is 6.33. The van der Waals surface area contributed by atoms with E-state index in [0.717, 1.165) is 38.9 Å². The second kappa shape index (κ2) is 4.24. The number of benzene rings is 1. The molecule has 0 saturated heterocycles. The number of aromatic nitrogens is 1. The van der Waals surface area contributed by atoms with Crippen LogP contribution in [-0.2, 0) is 6.42 Å². The van der Waals surface area contributed by atoms with Gasteiger partial charge in [0, 0.05) is 22.0 Å². The monoisotopic (exact) mass is 330 g/mol. The quantitative estimate of drug-likeness (QED) is 0.737. The van der Waals surface area contributed by atoms with Gasteiger partial charge in [-0.1, -0.05) is 28.1 Å². The van der Waals surface area contributed by atoms with Crippen molar-refractivity contribution in [2.45, 2.75) is 6.42 Å². The van der Waals surface area contributed by atoms with Crippen molar-refractivity contribution in [2.75, 3.05) is 12.3 Å². The molecule has 1 aromatic carbocycles. The van der Waals surface area contributed by atoms with Crippen LogP contribution in [0.1, 0.15) is 5.56 Å². The van der Waals surface area contributed by atoms with Crippen molar-refractivity contribution in [3.05, 3.63) is 40.4 Å². The van der Waals surface area contributed by atoms with Crippen LogP contribution in [0.5, 0.6) is 5.75 Å². The Kier molecular flexibility index (Phi) is 2.50. The minimum atomic E-state index is 0.502. The normalized spacial score (nSPS) is 13.4. The Labute approximate surface area is 123 Å². The molecule has 3 heterocycles. The summed E-state index contributed by atoms with van der Waals surface area (Å²) in [6, 6.07) is 9.91. The number of rotatable bonds is 1. The highest BCUT2D eigenvalue weighted by Gasteiger charge is 2.22. The maximum atomic E-state index is 5.95. The number of nitrogens with zero attached hydrogens (tertiary/aromatic N) is 1. The van der Waals surface area contributed by atoms with Crippen LogP contribution in [0.4, 0.5) is 5.82 Å². The van der Waals surface area contributed by atoms with Crippen LogP contribution < -0.4 is 10.5 Å². The van der Waals surface area contributed by atoms with Crippen molar-refractivity contribution in [1.29, 1.82) is 0 Å². The second-order valence-corrected chi connectivity index (χ2v) is 5.66. The number of nitrogens with two attached hydrogens (primary N) is 1. The third-order valence-corrected chi connectivity index (χ3v) is 4.02. The summed E-state index contributed by atoms with van der Waals surface area (Å²) >= 11 is 3.42. The lowest BCUT2D eigenvalue weighted by atomic mass is 10.1. The van der Waals surface area contributed by atoms with Gasteiger partial charge in [0.15, 0.2) is 0 Å². The molecule has 0 aliphatic carbocycles. The summed E-state index contributed by atoms with van der Waals surface area (Å²) in [6.45, 7) is 0.652. The number of halogens is 1. The van der Waals surface area contributed by atoms with Gasteiger partial charge in [-0.2, -0.15) is 4.98 Å². The zero-order valence-corrected chi connectivity index (χ0v) is 12.1. The van der Waals surface area contributed by atoms with Gasteiger partial charge in [-0.15, -0.1) is 0 Å². The molecule has 2 aromatic heterocycles. The fourth-order valence-electron chi connectivity index (χ4n) is 2.50. The minimum absolute atomic E-state index is 0.502. The van der Waals surface area contributed by atoms with Gasteiger partial charge in [0.1, 0.15) is 17.3 Å². The lowest BCUT2D eigenvalue weighted by molar-refractivity contribution is 0.360. The van der Waals surface area contributed by atoms with Crippen LogP contribution >= 0.6 is 15.9 Å². The van der Waals surface area contributed by atoms with Crippen molar-refractivity contribution in [3.63, 3.8) is 0 Å². The fourth-order valence-corrected chi connectivity index (χ4v) is 2.77. The van der Waals surface area contributed by atoms with Gasteiger partial charge >= 0.3 is 0 Å². The van der Waals surface area contributed by atoms with Crippen LogP contribution in [0.2, 0.25) is 0 Å². The van der Waals surface area contributed by atoms with Gasteiger partial charge in [-0.05, 0) is 18.2 Å². The Morgan fingerprint density at radius 2 is 2.00 bits per heavy atom. The zero-order valence-electron chi connectivity index (χ0n) is 10.5. The molecule has 0 saturated carbocycles. The first-order chi connectivity index (χ1) is 9.72. The molecular weight excluding hydrogens is 320 g/mol. The molecule has 4 nitrogen and oxygen atoms in total. The molecule has 0 amide bonds. The molecule has 0 bridgehead atoms. The van der Waals surface area contributed by atoms with Gasteiger partial charge in [0.25, 0.3) is 0 Å². The van der Waals surface area contributed by atoms with E-state index in [9.17, 15) is 0 Å². The SMILES string of the molecule is Nc1nc2oc(-c3ccc(Br)cc3)cc2c2c1CCO2. The fraction of sp³-hybridized carbons (Fsp3) is 0.133. The number of pyridine rings is 1. The van der Waals surface area contributed by atoms with E-state index in [1.54, 1.807) is 0 Å². The van der Waals surface area contributed by atoms with Crippen molar-refractivity contribution >= 4 is 32.8 Å². The van der Waals surface area contributed by atoms with Crippen molar-refractivity contribution in [3.8, 4) is 17.1 Å². The predicted molar refractivity (Wildman–Crippen MR) is 80.8 cm³/mol. The topological polar surface area (TPSA) is 61.3 Å². The highest BCUT2D eigenvalue weighted by atomic mass is 79.9. The molecule has 0 unspecified atom stereocenters. The third kappa shape index (κ3) is 1.70. The van der Waals surface area contributed by atoms with Gasteiger partial charge < -0.3 is 14.9 Å². The van der Waals surface area contributed by atoms with E-state index in [1.165, 1.54) is 0 Å². The maximum Gasteiger partial charge on any atom is 0.232 e. The number of ether oxygens (including phenoxy) is 1. The van der Waals surface area contributed by atoms with Crippen LogP contribution in [-0.4, -0.2) is 11.6 Å². The molecule has 4 rings (SSSR count). The largest absolute Gasteiger partial charge is 0.492 e. The Hall–Kier alpha value is -2.01. The lowest BCUT2D eigenvalue weighted by Gasteiger charge is -2.01. The molecule has 1 aliphatic heterocycles. The molecule has 5 heteroatoms. The zero-order chi connectivity index (χ0) is 13.7. The summed E-state index contributed by atoms with van der Waals surface area (Å²) < 4.78 is 12.5. The smallest absolute Gasteiger partial charge is 0.232 e. The molecular formula is C15H11BrN2O2. The summed E-state index contributed by atoms with van der Waals surface area (Å²) in [4.78, 5) is 4.33. The average molecular weight is 331 g/mol. The van der Waals surface area contributed by atoms with E-state index in [-0.39, 0.29) is 0 Å². The number of hydrogen-bond acceptors (Lipinski definition) is 4. The van der Waals surface area contributed by atoms with Crippen LogP contribution in [0.25, 0.3) is 22.4 Å². The van der Waals surface area contributed by atoms with Gasteiger partial charge in [-0.25, -0.2) is 0 Å². The second-order valence-electron chi connectivity index (χ2n) is 4.74. The van der Waals surface area contributed by atoms with E-state index >= 15 is 0 Å². The van der Waals surface area contributed by atoms with Gasteiger partial charge in [-0.3, -0.25) is 0 Å². The first kappa shape index (κ1) is 11.8. The van der Waals surface area contributed by atoms with E-state index in [4.69, 9.17) is 14.9 Å². The molecule has 0 atom stereocenters. The number of furan rings is 1. The maximum absolute atomic E-state index is 5.95.